The van der Waals surface area contributed by atoms with Crippen LogP contribution in [0.4, 0.5) is 0 Å². The average molecular weight is 429 g/mol. The maximum absolute atomic E-state index is 13.1. The van der Waals surface area contributed by atoms with Crippen LogP contribution in [0, 0.1) is 0 Å². The van der Waals surface area contributed by atoms with Crippen molar-refractivity contribution < 1.29 is 14.3 Å². The van der Waals surface area contributed by atoms with Gasteiger partial charge in [0.15, 0.2) is 11.5 Å². The predicted molar refractivity (Wildman–Crippen MR) is 128 cm³/mol. The average Bonchev–Trinajstić information content (AvgIpc) is 3.16. The fourth-order valence-corrected chi connectivity index (χ4v) is 4.88. The van der Waals surface area contributed by atoms with E-state index in [9.17, 15) is 4.79 Å². The fourth-order valence-electron chi connectivity index (χ4n) is 4.88. The van der Waals surface area contributed by atoms with Gasteiger partial charge in [-0.15, -0.1) is 0 Å². The Labute approximate surface area is 188 Å². The molecule has 3 aromatic carbocycles. The molecule has 5 nitrogen and oxygen atoms in total. The van der Waals surface area contributed by atoms with Gasteiger partial charge in [0.05, 0.1) is 14.2 Å². The molecule has 0 saturated carbocycles. The van der Waals surface area contributed by atoms with E-state index in [1.165, 1.54) is 21.8 Å². The summed E-state index contributed by atoms with van der Waals surface area (Å²) in [6, 6.07) is 20.9. The Hall–Kier alpha value is -3.47. The maximum Gasteiger partial charge on any atom is 0.254 e. The SMILES string of the molecule is COc1cc2c(cc1OC)C(=O)N(CCCCn1c3ccccc3c3ccccc31)CC2. The summed E-state index contributed by atoms with van der Waals surface area (Å²) in [6.45, 7) is 2.46. The summed E-state index contributed by atoms with van der Waals surface area (Å²) in [4.78, 5) is 15.1. The van der Waals surface area contributed by atoms with Gasteiger partial charge in [-0.1, -0.05) is 36.4 Å². The fraction of sp³-hybridized carbons (Fsp3) is 0.296. The first-order valence-electron chi connectivity index (χ1n) is 11.2. The van der Waals surface area contributed by atoms with E-state index >= 15 is 0 Å². The number of rotatable bonds is 7. The molecule has 4 aromatic rings. The van der Waals surface area contributed by atoms with E-state index in [0.717, 1.165) is 50.0 Å². The summed E-state index contributed by atoms with van der Waals surface area (Å²) in [7, 11) is 3.22. The molecule has 1 aromatic heterocycles. The van der Waals surface area contributed by atoms with Crippen LogP contribution >= 0.6 is 0 Å². The normalized spacial score (nSPS) is 13.6. The number of unbranched alkanes of at least 4 members (excludes halogenated alkanes) is 1. The quantitative estimate of drug-likeness (QED) is 0.376. The number of fused-ring (bicyclic) bond motifs is 4. The summed E-state index contributed by atoms with van der Waals surface area (Å²) in [5.41, 5.74) is 4.32. The van der Waals surface area contributed by atoms with E-state index in [-0.39, 0.29) is 5.91 Å². The summed E-state index contributed by atoms with van der Waals surface area (Å²) >= 11 is 0. The van der Waals surface area contributed by atoms with Crippen LogP contribution in [-0.2, 0) is 13.0 Å². The molecule has 2 heterocycles. The lowest BCUT2D eigenvalue weighted by Gasteiger charge is -2.29. The van der Waals surface area contributed by atoms with Crippen LogP contribution in [0.25, 0.3) is 21.8 Å². The summed E-state index contributed by atoms with van der Waals surface area (Å²) in [6.07, 6.45) is 2.83. The number of benzene rings is 3. The van der Waals surface area contributed by atoms with Crippen molar-refractivity contribution in [2.45, 2.75) is 25.8 Å². The van der Waals surface area contributed by atoms with Crippen molar-refractivity contribution in [3.8, 4) is 11.5 Å². The van der Waals surface area contributed by atoms with Crippen LogP contribution in [0.15, 0.2) is 60.7 Å². The number of carbonyl (C=O) groups excluding carboxylic acids is 1. The van der Waals surface area contributed by atoms with Gasteiger partial charge in [-0.05, 0) is 49.1 Å². The molecule has 1 aliphatic heterocycles. The molecular formula is C27H28N2O3. The number of hydrogen-bond donors (Lipinski definition) is 0. The molecule has 0 radical (unpaired) electrons. The summed E-state index contributed by atoms with van der Waals surface area (Å²) in [5, 5.41) is 2.60. The van der Waals surface area contributed by atoms with Crippen LogP contribution in [0.3, 0.4) is 0 Å². The number of methoxy groups -OCH3 is 2. The van der Waals surface area contributed by atoms with E-state index in [2.05, 4.69) is 53.1 Å². The van der Waals surface area contributed by atoms with E-state index < -0.39 is 0 Å². The topological polar surface area (TPSA) is 43.7 Å². The van der Waals surface area contributed by atoms with Gasteiger partial charge in [-0.25, -0.2) is 0 Å². The highest BCUT2D eigenvalue weighted by Gasteiger charge is 2.26. The monoisotopic (exact) mass is 428 g/mol. The highest BCUT2D eigenvalue weighted by Crippen LogP contribution is 2.33. The number of ether oxygens (including phenoxy) is 2. The molecule has 5 rings (SSSR count). The lowest BCUT2D eigenvalue weighted by molar-refractivity contribution is 0.0736. The van der Waals surface area contributed by atoms with Crippen LogP contribution in [0.2, 0.25) is 0 Å². The van der Waals surface area contributed by atoms with Crippen molar-refractivity contribution in [2.24, 2.45) is 0 Å². The molecule has 1 amide bonds. The van der Waals surface area contributed by atoms with Gasteiger partial charge >= 0.3 is 0 Å². The Morgan fingerprint density at radius 1 is 0.812 bits per heavy atom. The second-order valence-corrected chi connectivity index (χ2v) is 8.30. The Morgan fingerprint density at radius 2 is 1.41 bits per heavy atom. The molecule has 1 aliphatic rings. The van der Waals surface area contributed by atoms with Crippen molar-refractivity contribution in [3.63, 3.8) is 0 Å². The third-order valence-electron chi connectivity index (χ3n) is 6.52. The Bertz CT molecular complexity index is 1240. The van der Waals surface area contributed by atoms with E-state index in [1.807, 2.05) is 17.0 Å². The maximum atomic E-state index is 13.1. The molecule has 0 fully saturated rings. The van der Waals surface area contributed by atoms with Gasteiger partial charge in [-0.2, -0.15) is 0 Å². The van der Waals surface area contributed by atoms with E-state index in [0.29, 0.717) is 11.5 Å². The first-order valence-corrected chi connectivity index (χ1v) is 11.2. The number of nitrogens with zero attached hydrogens (tertiary/aromatic N) is 2. The van der Waals surface area contributed by atoms with Crippen molar-refractivity contribution >= 4 is 27.7 Å². The number of aryl methyl sites for hydroxylation is 1. The van der Waals surface area contributed by atoms with Crippen molar-refractivity contribution in [2.75, 3.05) is 27.3 Å². The highest BCUT2D eigenvalue weighted by molar-refractivity contribution is 6.07. The van der Waals surface area contributed by atoms with Crippen molar-refractivity contribution in [1.82, 2.24) is 9.47 Å². The number of para-hydroxylation sites is 2. The first-order chi connectivity index (χ1) is 15.7. The third-order valence-corrected chi connectivity index (χ3v) is 6.52. The van der Waals surface area contributed by atoms with Gasteiger partial charge in [0, 0.05) is 47.0 Å². The number of aromatic nitrogens is 1. The van der Waals surface area contributed by atoms with Crippen molar-refractivity contribution in [1.29, 1.82) is 0 Å². The Balaban J connectivity index is 1.27. The van der Waals surface area contributed by atoms with Gasteiger partial charge in [0.1, 0.15) is 0 Å². The van der Waals surface area contributed by atoms with Crippen LogP contribution in [0.1, 0.15) is 28.8 Å². The minimum absolute atomic E-state index is 0.0871. The molecule has 32 heavy (non-hydrogen) atoms. The molecule has 0 atom stereocenters. The molecule has 0 saturated heterocycles. The van der Waals surface area contributed by atoms with E-state index in [1.54, 1.807) is 14.2 Å². The standard InChI is InChI=1S/C27H28N2O3/c1-31-25-17-19-13-16-28(27(30)22(19)18-26(25)32-2)14-7-8-15-29-23-11-5-3-9-20(23)21-10-4-6-12-24(21)29/h3-6,9-12,17-18H,7-8,13-16H2,1-2H3. The summed E-state index contributed by atoms with van der Waals surface area (Å²) < 4.78 is 13.2. The smallest absolute Gasteiger partial charge is 0.254 e. The molecule has 5 heteroatoms. The molecule has 164 valence electrons. The molecular weight excluding hydrogens is 400 g/mol. The van der Waals surface area contributed by atoms with Crippen LogP contribution in [0.5, 0.6) is 11.5 Å². The molecule has 0 unspecified atom stereocenters. The molecule has 0 bridgehead atoms. The van der Waals surface area contributed by atoms with Gasteiger partial charge in [-0.3, -0.25) is 4.79 Å². The van der Waals surface area contributed by atoms with Gasteiger partial charge < -0.3 is 18.9 Å². The molecule has 0 spiro atoms. The number of carbonyl (C=O) groups is 1. The Morgan fingerprint density at radius 3 is 2.06 bits per heavy atom. The third kappa shape index (κ3) is 3.48. The first kappa shape index (κ1) is 20.4. The number of amides is 1. The van der Waals surface area contributed by atoms with E-state index in [4.69, 9.17) is 9.47 Å². The predicted octanol–water partition coefficient (Wildman–Crippen LogP) is 5.29. The largest absolute Gasteiger partial charge is 0.493 e. The molecule has 0 aliphatic carbocycles. The van der Waals surface area contributed by atoms with Gasteiger partial charge in [0.2, 0.25) is 0 Å². The Kier molecular flexibility index (Phi) is 5.48. The zero-order valence-corrected chi connectivity index (χ0v) is 18.6. The van der Waals surface area contributed by atoms with Gasteiger partial charge in [0.25, 0.3) is 5.91 Å². The summed E-state index contributed by atoms with van der Waals surface area (Å²) in [5.74, 6) is 1.37. The highest BCUT2D eigenvalue weighted by atomic mass is 16.5. The number of hydrogen-bond acceptors (Lipinski definition) is 3. The zero-order chi connectivity index (χ0) is 22.1. The van der Waals surface area contributed by atoms with Crippen molar-refractivity contribution in [3.05, 3.63) is 71.8 Å². The minimum Gasteiger partial charge on any atom is -0.493 e. The molecule has 0 N–H and O–H groups in total. The lowest BCUT2D eigenvalue weighted by Crippen LogP contribution is -2.38. The second kappa shape index (κ2) is 8.58. The minimum atomic E-state index is 0.0871. The second-order valence-electron chi connectivity index (χ2n) is 8.30. The zero-order valence-electron chi connectivity index (χ0n) is 18.6. The van der Waals surface area contributed by atoms with Crippen LogP contribution < -0.4 is 9.47 Å². The lowest BCUT2D eigenvalue weighted by atomic mass is 9.98. The van der Waals surface area contributed by atoms with Crippen LogP contribution in [-0.4, -0.2) is 42.7 Å².